The molecule has 1 unspecified atom stereocenters. The van der Waals surface area contributed by atoms with Crippen molar-refractivity contribution in [2.75, 3.05) is 0 Å². The summed E-state index contributed by atoms with van der Waals surface area (Å²) < 4.78 is 38.7. The fraction of sp³-hybridized carbons (Fsp3) is 0.500. The predicted octanol–water partition coefficient (Wildman–Crippen LogP) is 4.41. The quantitative estimate of drug-likeness (QED) is 0.784. The van der Waals surface area contributed by atoms with Crippen LogP contribution < -0.4 is 0 Å². The summed E-state index contributed by atoms with van der Waals surface area (Å²) in [6.07, 6.45) is -4.03. The van der Waals surface area contributed by atoms with Crippen molar-refractivity contribution in [1.82, 2.24) is 0 Å². The third kappa shape index (κ3) is 3.49. The molecule has 4 heteroatoms. The maximum atomic E-state index is 12.9. The molecule has 0 aromatic heterocycles. The van der Waals surface area contributed by atoms with Gasteiger partial charge in [0.2, 0.25) is 0 Å². The van der Waals surface area contributed by atoms with Gasteiger partial charge in [-0.05, 0) is 36.0 Å². The molecule has 0 heterocycles. The molecule has 1 atom stereocenters. The molecular weight excluding hydrogens is 239 g/mol. The van der Waals surface area contributed by atoms with Crippen LogP contribution in [-0.4, -0.2) is 0 Å². The Hall–Kier alpha value is -1.50. The van der Waals surface area contributed by atoms with E-state index in [1.165, 1.54) is 12.1 Å². The van der Waals surface area contributed by atoms with Crippen LogP contribution in [0.25, 0.3) is 0 Å². The number of nitriles is 1. The van der Waals surface area contributed by atoms with Crippen molar-refractivity contribution in [2.24, 2.45) is 11.8 Å². The van der Waals surface area contributed by atoms with Gasteiger partial charge in [-0.2, -0.15) is 18.4 Å². The predicted molar refractivity (Wildman–Crippen MR) is 63.9 cm³/mol. The molecule has 1 nitrogen and oxygen atoms in total. The van der Waals surface area contributed by atoms with E-state index in [-0.39, 0.29) is 17.0 Å². The third-order valence-corrected chi connectivity index (χ3v) is 3.22. The van der Waals surface area contributed by atoms with Gasteiger partial charge in [0.15, 0.2) is 0 Å². The van der Waals surface area contributed by atoms with E-state index in [1.54, 1.807) is 6.07 Å². The van der Waals surface area contributed by atoms with E-state index in [1.807, 2.05) is 20.8 Å². The van der Waals surface area contributed by atoms with E-state index >= 15 is 0 Å². The summed E-state index contributed by atoms with van der Waals surface area (Å²) in [7, 11) is 0. The van der Waals surface area contributed by atoms with Gasteiger partial charge >= 0.3 is 6.18 Å². The van der Waals surface area contributed by atoms with E-state index in [2.05, 4.69) is 0 Å². The van der Waals surface area contributed by atoms with Gasteiger partial charge < -0.3 is 0 Å². The Morgan fingerprint density at radius 1 is 1.22 bits per heavy atom. The largest absolute Gasteiger partial charge is 0.416 e. The first-order valence-electron chi connectivity index (χ1n) is 5.86. The summed E-state index contributed by atoms with van der Waals surface area (Å²) in [4.78, 5) is 0. The maximum absolute atomic E-state index is 12.9. The second kappa shape index (κ2) is 5.43. The maximum Gasteiger partial charge on any atom is 0.416 e. The van der Waals surface area contributed by atoms with E-state index in [4.69, 9.17) is 5.26 Å². The first-order valence-corrected chi connectivity index (χ1v) is 5.86. The lowest BCUT2D eigenvalue weighted by Crippen LogP contribution is -2.14. The zero-order valence-corrected chi connectivity index (χ0v) is 10.7. The standard InChI is InChI=1S/C14H16F3N/c1-9(2)10(3)6-12-5-4-11(8-18)7-13(12)14(15,16)17/h4-5,7,9-10H,6H2,1-3H3. The van der Waals surface area contributed by atoms with Crippen molar-refractivity contribution in [1.29, 1.82) is 5.26 Å². The van der Waals surface area contributed by atoms with Crippen LogP contribution in [-0.2, 0) is 12.6 Å². The molecule has 0 saturated heterocycles. The molecule has 0 N–H and O–H groups in total. The summed E-state index contributed by atoms with van der Waals surface area (Å²) in [5, 5.41) is 8.67. The van der Waals surface area contributed by atoms with Gasteiger partial charge in [-0.15, -0.1) is 0 Å². The first kappa shape index (κ1) is 14.6. The summed E-state index contributed by atoms with van der Waals surface area (Å²) in [6, 6.07) is 5.53. The molecule has 0 aliphatic carbocycles. The van der Waals surface area contributed by atoms with Crippen molar-refractivity contribution in [3.8, 4) is 6.07 Å². The van der Waals surface area contributed by atoms with Gasteiger partial charge in [-0.3, -0.25) is 0 Å². The number of halogens is 3. The lowest BCUT2D eigenvalue weighted by atomic mass is 9.88. The van der Waals surface area contributed by atoms with Crippen LogP contribution in [0, 0.1) is 23.2 Å². The van der Waals surface area contributed by atoms with E-state index < -0.39 is 11.7 Å². The van der Waals surface area contributed by atoms with E-state index in [0.717, 1.165) is 6.07 Å². The minimum atomic E-state index is -4.40. The van der Waals surface area contributed by atoms with Crippen LogP contribution in [0.3, 0.4) is 0 Å². The van der Waals surface area contributed by atoms with Gasteiger partial charge in [0.05, 0.1) is 17.2 Å². The number of nitrogens with zero attached hydrogens (tertiary/aromatic N) is 1. The van der Waals surface area contributed by atoms with Gasteiger partial charge in [0.25, 0.3) is 0 Å². The summed E-state index contributed by atoms with van der Waals surface area (Å²) in [5.41, 5.74) is -0.375. The topological polar surface area (TPSA) is 23.8 Å². The lowest BCUT2D eigenvalue weighted by molar-refractivity contribution is -0.138. The summed E-state index contributed by atoms with van der Waals surface area (Å²) in [5.74, 6) is 0.487. The summed E-state index contributed by atoms with van der Waals surface area (Å²) in [6.45, 7) is 5.91. The fourth-order valence-corrected chi connectivity index (χ4v) is 1.67. The molecule has 0 fully saturated rings. The molecule has 18 heavy (non-hydrogen) atoms. The minimum absolute atomic E-state index is 0.0447. The molecular formula is C14H16F3N. The van der Waals surface area contributed by atoms with Crippen LogP contribution in [0.4, 0.5) is 13.2 Å². The Morgan fingerprint density at radius 3 is 2.28 bits per heavy atom. The number of hydrogen-bond acceptors (Lipinski definition) is 1. The Morgan fingerprint density at radius 2 is 1.83 bits per heavy atom. The van der Waals surface area contributed by atoms with E-state index in [0.29, 0.717) is 12.3 Å². The molecule has 1 aromatic rings. The fourth-order valence-electron chi connectivity index (χ4n) is 1.67. The minimum Gasteiger partial charge on any atom is -0.192 e. The average molecular weight is 255 g/mol. The normalized spacial score (nSPS) is 13.4. The Balaban J connectivity index is 3.16. The van der Waals surface area contributed by atoms with Gasteiger partial charge in [0.1, 0.15) is 0 Å². The molecule has 0 aliphatic rings. The SMILES string of the molecule is CC(C)C(C)Cc1ccc(C#N)cc1C(F)(F)F. The highest BCUT2D eigenvalue weighted by atomic mass is 19.4. The molecule has 0 aliphatic heterocycles. The molecule has 0 radical (unpaired) electrons. The van der Waals surface area contributed by atoms with Gasteiger partial charge in [-0.25, -0.2) is 0 Å². The van der Waals surface area contributed by atoms with Crippen LogP contribution >= 0.6 is 0 Å². The summed E-state index contributed by atoms with van der Waals surface area (Å²) >= 11 is 0. The monoisotopic (exact) mass is 255 g/mol. The molecule has 98 valence electrons. The second-order valence-electron chi connectivity index (χ2n) is 4.91. The second-order valence-corrected chi connectivity index (χ2v) is 4.91. The van der Waals surface area contributed by atoms with Crippen LogP contribution in [0.1, 0.15) is 37.5 Å². The molecule has 0 spiro atoms. The van der Waals surface area contributed by atoms with Crippen LogP contribution in [0.2, 0.25) is 0 Å². The van der Waals surface area contributed by atoms with Crippen LogP contribution in [0.5, 0.6) is 0 Å². The molecule has 1 aromatic carbocycles. The average Bonchev–Trinajstić information content (AvgIpc) is 2.27. The van der Waals surface area contributed by atoms with Crippen molar-refractivity contribution in [3.63, 3.8) is 0 Å². The van der Waals surface area contributed by atoms with Crippen molar-refractivity contribution in [3.05, 3.63) is 34.9 Å². The Bertz CT molecular complexity index is 455. The van der Waals surface area contributed by atoms with Crippen LogP contribution in [0.15, 0.2) is 18.2 Å². The smallest absolute Gasteiger partial charge is 0.192 e. The Kier molecular flexibility index (Phi) is 4.39. The van der Waals surface area contributed by atoms with Crippen molar-refractivity contribution >= 4 is 0 Å². The molecule has 1 rings (SSSR count). The number of rotatable bonds is 3. The number of alkyl halides is 3. The van der Waals surface area contributed by atoms with E-state index in [9.17, 15) is 13.2 Å². The highest BCUT2D eigenvalue weighted by Crippen LogP contribution is 2.34. The van der Waals surface area contributed by atoms with Gasteiger partial charge in [-0.1, -0.05) is 26.8 Å². The van der Waals surface area contributed by atoms with Crippen molar-refractivity contribution in [2.45, 2.75) is 33.4 Å². The highest BCUT2D eigenvalue weighted by molar-refractivity contribution is 5.40. The number of hydrogen-bond donors (Lipinski definition) is 0. The van der Waals surface area contributed by atoms with Gasteiger partial charge in [0, 0.05) is 0 Å². The molecule has 0 amide bonds. The zero-order valence-electron chi connectivity index (χ0n) is 10.7. The first-order chi connectivity index (χ1) is 8.25. The highest BCUT2D eigenvalue weighted by Gasteiger charge is 2.33. The zero-order chi connectivity index (χ0) is 13.9. The molecule has 0 bridgehead atoms. The lowest BCUT2D eigenvalue weighted by Gasteiger charge is -2.19. The number of benzene rings is 1. The molecule has 0 saturated carbocycles. The third-order valence-electron chi connectivity index (χ3n) is 3.22. The Labute approximate surface area is 105 Å². The van der Waals surface area contributed by atoms with Crippen molar-refractivity contribution < 1.29 is 13.2 Å².